The summed E-state index contributed by atoms with van der Waals surface area (Å²) < 4.78 is 42.1. The fraction of sp³-hybridized carbons (Fsp3) is 0.478. The third kappa shape index (κ3) is 6.88. The summed E-state index contributed by atoms with van der Waals surface area (Å²) in [6.07, 6.45) is -3.92. The normalized spacial score (nSPS) is 17.5. The SMILES string of the molecule is CC(C)C[C@H](NC(=O)c1cc2c(OC(F)(F)F)cccc2[nH]1)C(=O)N[C@H](C#N)C[C@@H]1CCNC1=O. The second-order valence-electron chi connectivity index (χ2n) is 8.81. The molecule has 1 aliphatic heterocycles. The van der Waals surface area contributed by atoms with Crippen molar-refractivity contribution < 1.29 is 32.3 Å². The van der Waals surface area contributed by atoms with Gasteiger partial charge in [-0.05, 0) is 43.4 Å². The van der Waals surface area contributed by atoms with Gasteiger partial charge >= 0.3 is 6.36 Å². The Morgan fingerprint density at radius 3 is 2.63 bits per heavy atom. The van der Waals surface area contributed by atoms with Crippen molar-refractivity contribution in [2.75, 3.05) is 6.54 Å². The van der Waals surface area contributed by atoms with Gasteiger partial charge in [0.2, 0.25) is 11.8 Å². The highest BCUT2D eigenvalue weighted by molar-refractivity contribution is 6.01. The van der Waals surface area contributed by atoms with Gasteiger partial charge in [0.15, 0.2) is 0 Å². The first-order valence-electron chi connectivity index (χ1n) is 11.1. The molecule has 0 spiro atoms. The van der Waals surface area contributed by atoms with Gasteiger partial charge in [0.1, 0.15) is 23.5 Å². The fourth-order valence-corrected chi connectivity index (χ4v) is 3.97. The number of nitriles is 1. The molecule has 0 unspecified atom stereocenters. The van der Waals surface area contributed by atoms with Gasteiger partial charge in [0.25, 0.3) is 5.91 Å². The summed E-state index contributed by atoms with van der Waals surface area (Å²) in [6, 6.07) is 5.24. The van der Waals surface area contributed by atoms with Crippen LogP contribution >= 0.6 is 0 Å². The topological polar surface area (TPSA) is 136 Å². The summed E-state index contributed by atoms with van der Waals surface area (Å²) in [6.45, 7) is 4.21. The van der Waals surface area contributed by atoms with Gasteiger partial charge in [-0.25, -0.2) is 0 Å². The molecule has 2 heterocycles. The molecule has 9 nitrogen and oxygen atoms in total. The highest BCUT2D eigenvalue weighted by atomic mass is 19.4. The highest BCUT2D eigenvalue weighted by Gasteiger charge is 2.33. The zero-order valence-electron chi connectivity index (χ0n) is 19.2. The molecule has 3 amide bonds. The largest absolute Gasteiger partial charge is 0.573 e. The van der Waals surface area contributed by atoms with Crippen molar-refractivity contribution >= 4 is 28.6 Å². The molecule has 4 N–H and O–H groups in total. The van der Waals surface area contributed by atoms with E-state index in [0.29, 0.717) is 13.0 Å². The first-order valence-corrected chi connectivity index (χ1v) is 11.1. The molecule has 12 heteroatoms. The molecule has 0 bridgehead atoms. The van der Waals surface area contributed by atoms with Gasteiger partial charge < -0.3 is 25.7 Å². The predicted octanol–water partition coefficient (Wildman–Crippen LogP) is 2.75. The molecule has 1 aromatic heterocycles. The Balaban J connectivity index is 1.74. The summed E-state index contributed by atoms with van der Waals surface area (Å²) in [5.41, 5.74) is 0.195. The lowest BCUT2D eigenvalue weighted by molar-refractivity contribution is -0.274. The van der Waals surface area contributed by atoms with E-state index in [1.807, 2.05) is 19.9 Å². The number of halogens is 3. The summed E-state index contributed by atoms with van der Waals surface area (Å²) in [5.74, 6) is -2.30. The van der Waals surface area contributed by atoms with E-state index < -0.39 is 36.0 Å². The average Bonchev–Trinajstić information content (AvgIpc) is 3.38. The van der Waals surface area contributed by atoms with Crippen LogP contribution in [0, 0.1) is 23.2 Å². The Morgan fingerprint density at radius 1 is 1.29 bits per heavy atom. The number of benzene rings is 1. The van der Waals surface area contributed by atoms with E-state index in [4.69, 9.17) is 0 Å². The van der Waals surface area contributed by atoms with Crippen LogP contribution in [0.3, 0.4) is 0 Å². The second kappa shape index (κ2) is 10.7. The molecule has 1 fully saturated rings. The lowest BCUT2D eigenvalue weighted by Crippen LogP contribution is -2.50. The van der Waals surface area contributed by atoms with Gasteiger partial charge in [-0.3, -0.25) is 14.4 Å². The number of H-pyrrole nitrogens is 1. The average molecular weight is 493 g/mol. The number of amides is 3. The third-order valence-electron chi connectivity index (χ3n) is 5.58. The van der Waals surface area contributed by atoms with Crippen LogP contribution in [0.4, 0.5) is 13.2 Å². The van der Waals surface area contributed by atoms with E-state index in [1.165, 1.54) is 18.2 Å². The number of aromatic nitrogens is 1. The van der Waals surface area contributed by atoms with Crippen molar-refractivity contribution in [3.63, 3.8) is 0 Å². The molecule has 1 saturated heterocycles. The van der Waals surface area contributed by atoms with E-state index in [1.54, 1.807) is 0 Å². The standard InChI is InChI=1S/C23H26F3N5O4/c1-12(2)8-17(21(33)29-14(11-27)9-13-6-7-28-20(13)32)31-22(34)18-10-15-16(30-18)4-3-5-19(15)35-23(24,25)26/h3-5,10,12-14,17,30H,6-9H2,1-2H3,(H,28,32)(H,29,33)(H,31,34)/t13-,14-,17-/m0/s1. The molecule has 2 aromatic rings. The van der Waals surface area contributed by atoms with Gasteiger partial charge in [0, 0.05) is 23.4 Å². The number of aromatic amines is 1. The molecule has 3 atom stereocenters. The Kier molecular flexibility index (Phi) is 7.89. The van der Waals surface area contributed by atoms with Crippen LogP contribution in [0.15, 0.2) is 24.3 Å². The first kappa shape index (κ1) is 25.9. The van der Waals surface area contributed by atoms with Crippen LogP contribution < -0.4 is 20.7 Å². The molecular weight excluding hydrogens is 467 g/mol. The Bertz CT molecular complexity index is 1140. The molecule has 1 aliphatic rings. The zero-order valence-corrected chi connectivity index (χ0v) is 19.2. The third-order valence-corrected chi connectivity index (χ3v) is 5.58. The molecule has 188 valence electrons. The number of hydrogen-bond donors (Lipinski definition) is 4. The second-order valence-corrected chi connectivity index (χ2v) is 8.81. The smallest absolute Gasteiger partial charge is 0.405 e. The summed E-state index contributed by atoms with van der Waals surface area (Å²) in [4.78, 5) is 40.3. The number of fused-ring (bicyclic) bond motifs is 1. The van der Waals surface area contributed by atoms with Gasteiger partial charge in [-0.15, -0.1) is 13.2 Å². The maximum Gasteiger partial charge on any atom is 0.573 e. The first-order chi connectivity index (χ1) is 16.5. The molecule has 0 saturated carbocycles. The molecule has 0 aliphatic carbocycles. The lowest BCUT2D eigenvalue weighted by Gasteiger charge is -2.22. The van der Waals surface area contributed by atoms with Crippen LogP contribution in [0.1, 0.15) is 43.6 Å². The van der Waals surface area contributed by atoms with Crippen molar-refractivity contribution in [1.82, 2.24) is 20.9 Å². The molecule has 1 aromatic carbocycles. The number of ether oxygens (including phenoxy) is 1. The van der Waals surface area contributed by atoms with Crippen LogP contribution in [0.2, 0.25) is 0 Å². The summed E-state index contributed by atoms with van der Waals surface area (Å²) in [7, 11) is 0. The van der Waals surface area contributed by atoms with E-state index >= 15 is 0 Å². The fourth-order valence-electron chi connectivity index (χ4n) is 3.97. The highest BCUT2D eigenvalue weighted by Crippen LogP contribution is 2.31. The summed E-state index contributed by atoms with van der Waals surface area (Å²) in [5, 5.41) is 17.4. The van der Waals surface area contributed by atoms with Gasteiger partial charge in [0.05, 0.1) is 6.07 Å². The molecule has 0 radical (unpaired) electrons. The van der Waals surface area contributed by atoms with E-state index in [9.17, 15) is 32.8 Å². The number of carbonyl (C=O) groups excluding carboxylic acids is 3. The maximum absolute atomic E-state index is 12.9. The minimum absolute atomic E-state index is 0.00157. The Hall–Kier alpha value is -3.75. The van der Waals surface area contributed by atoms with E-state index in [-0.39, 0.29) is 47.2 Å². The van der Waals surface area contributed by atoms with Crippen molar-refractivity contribution in [3.05, 3.63) is 30.0 Å². The van der Waals surface area contributed by atoms with Crippen LogP contribution in [-0.2, 0) is 9.59 Å². The van der Waals surface area contributed by atoms with Crippen LogP contribution in [0.25, 0.3) is 10.9 Å². The Labute approximate surface area is 199 Å². The number of alkyl halides is 3. The Morgan fingerprint density at radius 2 is 2.03 bits per heavy atom. The van der Waals surface area contributed by atoms with Crippen molar-refractivity contribution in [2.24, 2.45) is 11.8 Å². The lowest BCUT2D eigenvalue weighted by atomic mass is 9.98. The van der Waals surface area contributed by atoms with E-state index in [0.717, 1.165) is 6.07 Å². The van der Waals surface area contributed by atoms with E-state index in [2.05, 4.69) is 25.7 Å². The number of hydrogen-bond acceptors (Lipinski definition) is 5. The van der Waals surface area contributed by atoms with Crippen molar-refractivity contribution in [3.8, 4) is 11.8 Å². The number of nitrogens with zero attached hydrogens (tertiary/aromatic N) is 1. The zero-order chi connectivity index (χ0) is 25.8. The maximum atomic E-state index is 12.9. The van der Waals surface area contributed by atoms with Gasteiger partial charge in [-0.1, -0.05) is 19.9 Å². The number of rotatable bonds is 9. The van der Waals surface area contributed by atoms with Crippen LogP contribution in [0.5, 0.6) is 5.75 Å². The minimum Gasteiger partial charge on any atom is -0.405 e. The van der Waals surface area contributed by atoms with Crippen LogP contribution in [-0.4, -0.2) is 47.7 Å². The molecular formula is C23H26F3N5O4. The van der Waals surface area contributed by atoms with Crippen molar-refractivity contribution in [1.29, 1.82) is 5.26 Å². The number of nitrogens with one attached hydrogen (secondary N) is 4. The predicted molar refractivity (Wildman–Crippen MR) is 119 cm³/mol. The number of carbonyl (C=O) groups is 3. The van der Waals surface area contributed by atoms with Crippen molar-refractivity contribution in [2.45, 2.75) is 51.6 Å². The molecule has 3 rings (SSSR count). The van der Waals surface area contributed by atoms with Gasteiger partial charge in [-0.2, -0.15) is 5.26 Å². The quantitative estimate of drug-likeness (QED) is 0.426. The minimum atomic E-state index is -4.90. The molecule has 35 heavy (non-hydrogen) atoms. The summed E-state index contributed by atoms with van der Waals surface area (Å²) >= 11 is 0. The monoisotopic (exact) mass is 493 g/mol.